The smallest absolute Gasteiger partial charge is 0.410 e. The first-order valence-corrected chi connectivity index (χ1v) is 8.00. The van der Waals surface area contributed by atoms with Crippen molar-refractivity contribution in [3.8, 4) is 0 Å². The number of aryl methyl sites for hydroxylation is 1. The molecule has 1 aliphatic rings. The van der Waals surface area contributed by atoms with E-state index in [9.17, 15) is 4.79 Å². The van der Waals surface area contributed by atoms with E-state index >= 15 is 0 Å². The molecule has 1 saturated heterocycles. The number of hydrogen-bond donors (Lipinski definition) is 0. The number of ether oxygens (including phenoxy) is 1. The van der Waals surface area contributed by atoms with Crippen molar-refractivity contribution in [2.45, 2.75) is 58.8 Å². The van der Waals surface area contributed by atoms with E-state index in [1.807, 2.05) is 32.7 Å². The minimum Gasteiger partial charge on any atom is -0.444 e. The molecule has 124 valence electrons. The lowest BCUT2D eigenvalue weighted by Gasteiger charge is -2.44. The maximum absolute atomic E-state index is 12.3. The highest BCUT2D eigenvalue weighted by Crippen LogP contribution is 2.20. The zero-order valence-corrected chi connectivity index (χ0v) is 14.7. The number of piperazine rings is 1. The van der Waals surface area contributed by atoms with Gasteiger partial charge in [0.2, 0.25) is 0 Å². The second-order valence-electron chi connectivity index (χ2n) is 7.45. The Hall–Kier alpha value is -1.49. The molecule has 1 aromatic rings. The summed E-state index contributed by atoms with van der Waals surface area (Å²) in [4.78, 5) is 16.6. The highest BCUT2D eigenvalue weighted by atomic mass is 16.6. The summed E-state index contributed by atoms with van der Waals surface area (Å²) in [5.74, 6) is 0. The molecule has 2 rings (SSSR count). The molecule has 0 aliphatic carbocycles. The third kappa shape index (κ3) is 4.26. The summed E-state index contributed by atoms with van der Waals surface area (Å²) in [5, 5.41) is 0. The molecular weight excluding hydrogens is 278 g/mol. The number of carbonyl (C=O) groups excluding carboxylic acids is 1. The van der Waals surface area contributed by atoms with E-state index in [2.05, 4.69) is 41.8 Å². The molecule has 2 heterocycles. The summed E-state index contributed by atoms with van der Waals surface area (Å²) in [6, 6.07) is 2.64. The Balaban J connectivity index is 1.97. The molecule has 0 N–H and O–H groups in total. The van der Waals surface area contributed by atoms with Gasteiger partial charge in [-0.15, -0.1) is 0 Å². The van der Waals surface area contributed by atoms with Gasteiger partial charge < -0.3 is 14.2 Å². The molecule has 1 aliphatic heterocycles. The Morgan fingerprint density at radius 1 is 1.27 bits per heavy atom. The van der Waals surface area contributed by atoms with Gasteiger partial charge in [0.05, 0.1) is 0 Å². The lowest BCUT2D eigenvalue weighted by Crippen LogP contribution is -2.58. The van der Waals surface area contributed by atoms with Gasteiger partial charge in [0.25, 0.3) is 0 Å². The summed E-state index contributed by atoms with van der Waals surface area (Å²) >= 11 is 0. The van der Waals surface area contributed by atoms with Crippen LogP contribution in [0.5, 0.6) is 0 Å². The van der Waals surface area contributed by atoms with Crippen molar-refractivity contribution in [3.05, 3.63) is 24.0 Å². The maximum Gasteiger partial charge on any atom is 0.410 e. The third-order valence-corrected chi connectivity index (χ3v) is 4.02. The van der Waals surface area contributed by atoms with E-state index in [1.165, 1.54) is 5.56 Å². The number of hydrogen-bond acceptors (Lipinski definition) is 3. The van der Waals surface area contributed by atoms with Gasteiger partial charge in [0, 0.05) is 51.2 Å². The molecule has 0 spiro atoms. The SMILES string of the molecule is C[C@@H]1CN(Cc2ccn(C)c2)[C@@H](C)CN1C(=O)OC(C)(C)C. The van der Waals surface area contributed by atoms with Gasteiger partial charge in [0.15, 0.2) is 0 Å². The van der Waals surface area contributed by atoms with E-state index in [-0.39, 0.29) is 12.1 Å². The van der Waals surface area contributed by atoms with Gasteiger partial charge in [-0.2, -0.15) is 0 Å². The lowest BCUT2D eigenvalue weighted by molar-refractivity contribution is -0.0117. The summed E-state index contributed by atoms with van der Waals surface area (Å²) in [6.45, 7) is 12.5. The van der Waals surface area contributed by atoms with Crippen LogP contribution in [0.2, 0.25) is 0 Å². The summed E-state index contributed by atoms with van der Waals surface area (Å²) < 4.78 is 7.59. The second kappa shape index (κ2) is 6.32. The first-order chi connectivity index (χ1) is 10.2. The highest BCUT2D eigenvalue weighted by Gasteiger charge is 2.34. The molecular formula is C17H29N3O2. The van der Waals surface area contributed by atoms with Crippen LogP contribution >= 0.6 is 0 Å². The lowest BCUT2D eigenvalue weighted by atomic mass is 10.1. The fraction of sp³-hybridized carbons (Fsp3) is 0.706. The quantitative estimate of drug-likeness (QED) is 0.843. The van der Waals surface area contributed by atoms with Crippen LogP contribution in [0.1, 0.15) is 40.2 Å². The molecule has 22 heavy (non-hydrogen) atoms. The molecule has 1 aromatic heterocycles. The molecule has 2 atom stereocenters. The van der Waals surface area contributed by atoms with Gasteiger partial charge in [0.1, 0.15) is 5.60 Å². The van der Waals surface area contributed by atoms with Crippen molar-refractivity contribution < 1.29 is 9.53 Å². The number of carbonyl (C=O) groups is 1. The van der Waals surface area contributed by atoms with Crippen LogP contribution in [0, 0.1) is 0 Å². The topological polar surface area (TPSA) is 37.7 Å². The Morgan fingerprint density at radius 2 is 1.95 bits per heavy atom. The van der Waals surface area contributed by atoms with Gasteiger partial charge in [-0.3, -0.25) is 4.90 Å². The van der Waals surface area contributed by atoms with E-state index in [0.717, 1.165) is 13.1 Å². The predicted molar refractivity (Wildman–Crippen MR) is 87.7 cm³/mol. The average molecular weight is 307 g/mol. The minimum atomic E-state index is -0.443. The van der Waals surface area contributed by atoms with Gasteiger partial charge >= 0.3 is 6.09 Å². The highest BCUT2D eigenvalue weighted by molar-refractivity contribution is 5.68. The fourth-order valence-corrected chi connectivity index (χ4v) is 2.88. The fourth-order valence-electron chi connectivity index (χ4n) is 2.88. The van der Waals surface area contributed by atoms with Crippen LogP contribution in [-0.4, -0.2) is 51.2 Å². The standard InChI is InChI=1S/C17H29N3O2/c1-13-10-20(16(21)22-17(3,4)5)14(2)9-19(13)12-15-7-8-18(6)11-15/h7-8,11,13-14H,9-10,12H2,1-6H3/t13-,14+/m0/s1. The summed E-state index contributed by atoms with van der Waals surface area (Å²) in [7, 11) is 2.04. The number of rotatable bonds is 2. The molecule has 0 bridgehead atoms. The average Bonchev–Trinajstić information content (AvgIpc) is 2.76. The van der Waals surface area contributed by atoms with Crippen molar-refractivity contribution in [2.75, 3.05) is 13.1 Å². The van der Waals surface area contributed by atoms with Crippen LogP contribution in [0.3, 0.4) is 0 Å². The van der Waals surface area contributed by atoms with E-state index in [1.54, 1.807) is 0 Å². The van der Waals surface area contributed by atoms with E-state index in [4.69, 9.17) is 4.74 Å². The number of nitrogens with zero attached hydrogens (tertiary/aromatic N) is 3. The Labute approximate surface area is 133 Å². The van der Waals surface area contributed by atoms with E-state index < -0.39 is 5.60 Å². The third-order valence-electron chi connectivity index (χ3n) is 4.02. The molecule has 0 radical (unpaired) electrons. The van der Waals surface area contributed by atoms with Crippen LogP contribution in [0.15, 0.2) is 18.5 Å². The number of aromatic nitrogens is 1. The Morgan fingerprint density at radius 3 is 2.50 bits per heavy atom. The van der Waals surface area contributed by atoms with Crippen molar-refractivity contribution in [1.29, 1.82) is 0 Å². The van der Waals surface area contributed by atoms with Crippen LogP contribution in [0.4, 0.5) is 4.79 Å². The molecule has 1 amide bonds. The van der Waals surface area contributed by atoms with Gasteiger partial charge in [-0.05, 0) is 46.2 Å². The van der Waals surface area contributed by atoms with Crippen LogP contribution in [-0.2, 0) is 18.3 Å². The molecule has 0 aromatic carbocycles. The molecule has 1 fully saturated rings. The monoisotopic (exact) mass is 307 g/mol. The first-order valence-electron chi connectivity index (χ1n) is 8.00. The normalized spacial score (nSPS) is 23.6. The molecule has 0 unspecified atom stereocenters. The Bertz CT molecular complexity index is 518. The van der Waals surface area contributed by atoms with Crippen LogP contribution in [0.25, 0.3) is 0 Å². The maximum atomic E-state index is 12.3. The minimum absolute atomic E-state index is 0.162. The molecule has 5 nitrogen and oxygen atoms in total. The number of amides is 1. The second-order valence-corrected chi connectivity index (χ2v) is 7.45. The predicted octanol–water partition coefficient (Wildman–Crippen LogP) is 2.85. The van der Waals surface area contributed by atoms with Gasteiger partial charge in [-0.25, -0.2) is 4.79 Å². The Kier molecular flexibility index (Phi) is 4.85. The van der Waals surface area contributed by atoms with Crippen molar-refractivity contribution in [3.63, 3.8) is 0 Å². The molecule has 5 heteroatoms. The van der Waals surface area contributed by atoms with Crippen molar-refractivity contribution in [1.82, 2.24) is 14.4 Å². The van der Waals surface area contributed by atoms with Crippen molar-refractivity contribution in [2.24, 2.45) is 7.05 Å². The first kappa shape index (κ1) is 16.9. The zero-order valence-electron chi connectivity index (χ0n) is 14.7. The zero-order chi connectivity index (χ0) is 16.5. The van der Waals surface area contributed by atoms with Gasteiger partial charge in [-0.1, -0.05) is 0 Å². The largest absolute Gasteiger partial charge is 0.444 e. The summed E-state index contributed by atoms with van der Waals surface area (Å²) in [6.07, 6.45) is 4.02. The van der Waals surface area contributed by atoms with Crippen molar-refractivity contribution >= 4 is 6.09 Å². The van der Waals surface area contributed by atoms with Crippen LogP contribution < -0.4 is 0 Å². The van der Waals surface area contributed by atoms with E-state index in [0.29, 0.717) is 12.6 Å². The summed E-state index contributed by atoms with van der Waals surface area (Å²) in [5.41, 5.74) is 0.869. The molecule has 0 saturated carbocycles.